The molecule has 1 amide bonds. The van der Waals surface area contributed by atoms with Gasteiger partial charge in [-0.3, -0.25) is 4.79 Å². The molecule has 2 aliphatic rings. The standard InChI is InChI=1S/C21H22N4O4S.C21H24N4O3S.C2H6S.B/c1-25-13-20(22-14-25)30(27,28)23-9-10-29-16-7-8-17-18(12-16)19(24-21(17)26)11-15-5-3-2-4-6-15;1-25-14-21(23-15-25)29(26,27)24-9-10-28-18-8-7-17-13-22-20(19(17)12-18)11-16-5-3-2-4-6-16;1-3-2;/h2-8,12-14,19,23H,9-11H2,1H3,(H,24,26);2-8,12,14-15,20,22,24H,9-11,13H2,1H3;1-2H3;. The molecule has 2 atom stereocenters. The lowest BCUT2D eigenvalue weighted by Gasteiger charge is -2.14. The van der Waals surface area contributed by atoms with Crippen molar-refractivity contribution < 1.29 is 31.1 Å². The first-order chi connectivity index (χ1) is 29.8. The Morgan fingerprint density at radius 3 is 1.67 bits per heavy atom. The molecule has 4 heterocycles. The SMILES string of the molecule is CSC.Cn1cnc(S(=O)(=O)NCCOc2ccc3c(c2)C(Cc2ccccc2)NC3)c1.Cn1cnc(S(=O)(=O)NCCOc2ccc3c(c2)C(Cc2ccccc2)NC3=O)c1.[B]. The number of imidazole rings is 2. The van der Waals surface area contributed by atoms with Gasteiger partial charge in [0.1, 0.15) is 24.7 Å². The third-order valence-electron chi connectivity index (χ3n) is 9.78. The number of nitrogens with one attached hydrogen (secondary N) is 4. The zero-order valence-corrected chi connectivity index (χ0v) is 38.0. The molecule has 4 N–H and O–H groups in total. The summed E-state index contributed by atoms with van der Waals surface area (Å²) in [4.78, 5) is 20.0. The van der Waals surface area contributed by atoms with Gasteiger partial charge in [-0.15, -0.1) is 0 Å². The Labute approximate surface area is 376 Å². The van der Waals surface area contributed by atoms with Gasteiger partial charge < -0.3 is 29.2 Å². The molecule has 3 radical (unpaired) electrons. The first-order valence-electron chi connectivity index (χ1n) is 19.8. The highest BCUT2D eigenvalue weighted by Crippen LogP contribution is 2.32. The van der Waals surface area contributed by atoms with Crippen molar-refractivity contribution >= 4 is 46.1 Å². The Balaban J connectivity index is 0.000000220. The number of rotatable bonds is 16. The number of ether oxygens (including phenoxy) is 2. The van der Waals surface area contributed by atoms with Crippen molar-refractivity contribution in [1.82, 2.24) is 39.2 Å². The van der Waals surface area contributed by atoms with Gasteiger partial charge in [0.05, 0.1) is 18.7 Å². The maximum absolute atomic E-state index is 12.2. The molecule has 0 fully saturated rings. The molecule has 2 unspecified atom stereocenters. The molecule has 0 saturated heterocycles. The number of fused-ring (bicyclic) bond motifs is 2. The summed E-state index contributed by atoms with van der Waals surface area (Å²) in [6, 6.07) is 31.8. The van der Waals surface area contributed by atoms with Crippen LogP contribution >= 0.6 is 11.8 Å². The van der Waals surface area contributed by atoms with E-state index in [2.05, 4.69) is 66.4 Å². The Morgan fingerprint density at radius 2 is 1.17 bits per heavy atom. The Bertz CT molecular complexity index is 2630. The lowest BCUT2D eigenvalue weighted by Crippen LogP contribution is -2.28. The fraction of sp³-hybridized carbons (Fsp3) is 0.295. The molecule has 0 aliphatic carbocycles. The highest BCUT2D eigenvalue weighted by molar-refractivity contribution is 7.97. The summed E-state index contributed by atoms with van der Waals surface area (Å²) >= 11 is 1.75. The molecule has 15 nitrogen and oxygen atoms in total. The van der Waals surface area contributed by atoms with Crippen LogP contribution in [0, 0.1) is 0 Å². The number of hydrogen-bond acceptors (Lipinski definition) is 11. The molecule has 0 bridgehead atoms. The van der Waals surface area contributed by atoms with E-state index in [1.54, 1.807) is 47.1 Å². The topological polar surface area (TPSA) is 188 Å². The number of nitrogens with zero attached hydrogens (tertiary/aromatic N) is 4. The highest BCUT2D eigenvalue weighted by atomic mass is 32.2. The van der Waals surface area contributed by atoms with E-state index < -0.39 is 20.0 Å². The van der Waals surface area contributed by atoms with Gasteiger partial charge in [0.2, 0.25) is 0 Å². The molecule has 2 aliphatic heterocycles. The largest absolute Gasteiger partial charge is 0.492 e. The highest BCUT2D eigenvalue weighted by Gasteiger charge is 2.29. The van der Waals surface area contributed by atoms with E-state index in [1.807, 2.05) is 61.0 Å². The molecular weight excluding hydrogens is 860 g/mol. The number of thioether (sulfide) groups is 1. The Morgan fingerprint density at radius 1 is 0.698 bits per heavy atom. The van der Waals surface area contributed by atoms with Crippen LogP contribution in [0.4, 0.5) is 0 Å². The summed E-state index contributed by atoms with van der Waals surface area (Å²) < 4.78 is 68.3. The Hall–Kier alpha value is -5.44. The summed E-state index contributed by atoms with van der Waals surface area (Å²) in [5.41, 5.74) is 6.45. The first-order valence-corrected chi connectivity index (χ1v) is 24.4. The monoisotopic (exact) mass is 911 g/mol. The van der Waals surface area contributed by atoms with Crippen LogP contribution < -0.4 is 29.6 Å². The summed E-state index contributed by atoms with van der Waals surface area (Å²) in [5.74, 6) is 1.23. The van der Waals surface area contributed by atoms with E-state index in [1.165, 1.54) is 41.7 Å². The van der Waals surface area contributed by atoms with Gasteiger partial charge in [0.15, 0.2) is 10.1 Å². The van der Waals surface area contributed by atoms with Crippen molar-refractivity contribution in [3.05, 3.63) is 155 Å². The lowest BCUT2D eigenvalue weighted by molar-refractivity contribution is 0.0956. The number of carbonyl (C=O) groups excluding carboxylic acids is 1. The first kappa shape index (κ1) is 48.6. The quantitative estimate of drug-likeness (QED) is 0.0788. The minimum atomic E-state index is -3.67. The third-order valence-corrected chi connectivity index (χ3v) is 12.5. The van der Waals surface area contributed by atoms with E-state index in [-0.39, 0.29) is 62.8 Å². The van der Waals surface area contributed by atoms with Gasteiger partial charge in [0, 0.05) is 66.1 Å². The number of amides is 1. The smallest absolute Gasteiger partial charge is 0.259 e. The van der Waals surface area contributed by atoms with Crippen LogP contribution in [0.15, 0.2) is 132 Å². The van der Waals surface area contributed by atoms with Crippen LogP contribution in [-0.2, 0) is 53.5 Å². The molecule has 0 saturated carbocycles. The van der Waals surface area contributed by atoms with Crippen LogP contribution in [0.1, 0.15) is 50.3 Å². The van der Waals surface area contributed by atoms with Crippen molar-refractivity contribution in [2.75, 3.05) is 38.8 Å². The van der Waals surface area contributed by atoms with E-state index in [9.17, 15) is 21.6 Å². The molecule has 63 heavy (non-hydrogen) atoms. The summed E-state index contributed by atoms with van der Waals surface area (Å²) in [5, 5.41) is 6.53. The number of carbonyl (C=O) groups is 1. The van der Waals surface area contributed by atoms with Gasteiger partial charge in [-0.05, 0) is 83.5 Å². The summed E-state index contributed by atoms with van der Waals surface area (Å²) in [6.45, 7) is 1.50. The zero-order valence-electron chi connectivity index (χ0n) is 35.6. The minimum Gasteiger partial charge on any atom is -0.492 e. The molecule has 19 heteroatoms. The van der Waals surface area contributed by atoms with Crippen LogP contribution in [-0.4, -0.2) is 89.1 Å². The second-order valence-corrected chi connectivity index (χ2v) is 18.8. The van der Waals surface area contributed by atoms with Crippen molar-refractivity contribution in [2.45, 2.75) is 41.5 Å². The number of hydrogen-bond donors (Lipinski definition) is 4. The molecule has 2 aromatic heterocycles. The van der Waals surface area contributed by atoms with E-state index >= 15 is 0 Å². The second kappa shape index (κ2) is 22.8. The van der Waals surface area contributed by atoms with Crippen molar-refractivity contribution in [1.29, 1.82) is 0 Å². The molecular formula is C44H52BN8O7S3. The number of aromatic nitrogens is 4. The fourth-order valence-electron chi connectivity index (χ4n) is 6.87. The molecule has 8 rings (SSSR count). The number of sulfonamides is 2. The predicted octanol–water partition coefficient (Wildman–Crippen LogP) is 4.57. The predicted molar refractivity (Wildman–Crippen MR) is 246 cm³/mol. The van der Waals surface area contributed by atoms with Crippen LogP contribution in [0.2, 0.25) is 0 Å². The third kappa shape index (κ3) is 13.5. The average molecular weight is 912 g/mol. The average Bonchev–Trinajstić information content (AvgIpc) is 4.07. The molecule has 4 aromatic carbocycles. The maximum atomic E-state index is 12.2. The number of benzene rings is 4. The van der Waals surface area contributed by atoms with Crippen LogP contribution in [0.25, 0.3) is 0 Å². The Kier molecular flexibility index (Phi) is 17.6. The fourth-order valence-corrected chi connectivity index (χ4v) is 8.85. The minimum absolute atomic E-state index is 0. The van der Waals surface area contributed by atoms with Gasteiger partial charge in [-0.1, -0.05) is 66.7 Å². The second-order valence-electron chi connectivity index (χ2n) is 14.6. The maximum Gasteiger partial charge on any atom is 0.259 e. The summed E-state index contributed by atoms with van der Waals surface area (Å²) in [6.07, 6.45) is 11.5. The zero-order chi connectivity index (χ0) is 44.1. The molecule has 331 valence electrons. The molecule has 6 aromatic rings. The van der Waals surface area contributed by atoms with E-state index in [0.717, 1.165) is 29.8 Å². The van der Waals surface area contributed by atoms with Crippen molar-refractivity contribution in [3.63, 3.8) is 0 Å². The normalized spacial score (nSPS) is 15.1. The van der Waals surface area contributed by atoms with E-state index in [4.69, 9.17) is 9.47 Å². The van der Waals surface area contributed by atoms with Gasteiger partial charge >= 0.3 is 0 Å². The number of aryl methyl sites for hydroxylation is 2. The lowest BCUT2D eigenvalue weighted by atomic mass is 9.98. The van der Waals surface area contributed by atoms with Crippen molar-refractivity contribution in [2.24, 2.45) is 14.1 Å². The van der Waals surface area contributed by atoms with Gasteiger partial charge in [-0.25, -0.2) is 36.2 Å². The van der Waals surface area contributed by atoms with Gasteiger partial charge in [0.25, 0.3) is 26.0 Å². The molecule has 0 spiro atoms. The summed E-state index contributed by atoms with van der Waals surface area (Å²) in [7, 11) is -3.86. The van der Waals surface area contributed by atoms with E-state index in [0.29, 0.717) is 17.7 Å². The van der Waals surface area contributed by atoms with Crippen LogP contribution in [0.5, 0.6) is 11.5 Å². The van der Waals surface area contributed by atoms with Gasteiger partial charge in [-0.2, -0.15) is 11.8 Å². The van der Waals surface area contributed by atoms with Crippen LogP contribution in [0.3, 0.4) is 0 Å². The van der Waals surface area contributed by atoms with Crippen molar-refractivity contribution in [3.8, 4) is 11.5 Å².